The van der Waals surface area contributed by atoms with E-state index in [4.69, 9.17) is 4.74 Å². The highest BCUT2D eigenvalue weighted by molar-refractivity contribution is 5.35. The Kier molecular flexibility index (Phi) is 5.86. The van der Waals surface area contributed by atoms with Crippen molar-refractivity contribution in [3.8, 4) is 5.75 Å². The molecule has 112 valence electrons. The number of nitrogens with one attached hydrogen (secondary N) is 1. The van der Waals surface area contributed by atoms with E-state index in [1.807, 2.05) is 18.2 Å². The minimum atomic E-state index is -0.241. The van der Waals surface area contributed by atoms with Gasteiger partial charge in [-0.3, -0.25) is 0 Å². The third kappa shape index (κ3) is 4.22. The van der Waals surface area contributed by atoms with Crippen LogP contribution in [0.15, 0.2) is 24.3 Å². The van der Waals surface area contributed by atoms with Gasteiger partial charge in [-0.15, -0.1) is 0 Å². The topological polar surface area (TPSA) is 41.5 Å². The van der Waals surface area contributed by atoms with Gasteiger partial charge in [0.2, 0.25) is 0 Å². The summed E-state index contributed by atoms with van der Waals surface area (Å²) >= 11 is 0. The Morgan fingerprint density at radius 1 is 1.30 bits per heavy atom. The molecule has 3 heteroatoms. The quantitative estimate of drug-likeness (QED) is 0.803. The second-order valence-electron chi connectivity index (χ2n) is 5.91. The summed E-state index contributed by atoms with van der Waals surface area (Å²) in [7, 11) is 1.69. The van der Waals surface area contributed by atoms with Gasteiger partial charge in [0.25, 0.3) is 0 Å². The SMILES string of the molecule is COc1ccccc1[C@H](C)NCC(O)CC1CCCC1. The summed E-state index contributed by atoms with van der Waals surface area (Å²) in [6.45, 7) is 2.76. The van der Waals surface area contributed by atoms with Crippen molar-refractivity contribution in [2.75, 3.05) is 13.7 Å². The third-order valence-corrected chi connectivity index (χ3v) is 4.35. The van der Waals surface area contributed by atoms with E-state index in [2.05, 4.69) is 18.3 Å². The van der Waals surface area contributed by atoms with Gasteiger partial charge >= 0.3 is 0 Å². The first-order valence-electron chi connectivity index (χ1n) is 7.75. The number of benzene rings is 1. The van der Waals surface area contributed by atoms with Crippen LogP contribution >= 0.6 is 0 Å². The highest BCUT2D eigenvalue weighted by Gasteiger charge is 2.19. The molecule has 2 N–H and O–H groups in total. The zero-order chi connectivity index (χ0) is 14.4. The maximum Gasteiger partial charge on any atom is 0.123 e. The van der Waals surface area contributed by atoms with Crippen LogP contribution < -0.4 is 10.1 Å². The molecule has 0 amide bonds. The fourth-order valence-corrected chi connectivity index (χ4v) is 3.16. The molecular weight excluding hydrogens is 250 g/mol. The van der Waals surface area contributed by atoms with Crippen LogP contribution in [0.5, 0.6) is 5.75 Å². The molecule has 0 spiro atoms. The summed E-state index contributed by atoms with van der Waals surface area (Å²) in [5, 5.41) is 13.6. The molecule has 3 nitrogen and oxygen atoms in total. The van der Waals surface area contributed by atoms with Gasteiger partial charge < -0.3 is 15.2 Å². The Labute approximate surface area is 122 Å². The number of hydrogen-bond donors (Lipinski definition) is 2. The van der Waals surface area contributed by atoms with Crippen LogP contribution in [0.2, 0.25) is 0 Å². The van der Waals surface area contributed by atoms with Gasteiger partial charge in [-0.05, 0) is 25.3 Å². The number of ether oxygens (including phenoxy) is 1. The fourth-order valence-electron chi connectivity index (χ4n) is 3.16. The average molecular weight is 277 g/mol. The van der Waals surface area contributed by atoms with Gasteiger partial charge in [-0.25, -0.2) is 0 Å². The maximum absolute atomic E-state index is 10.1. The minimum Gasteiger partial charge on any atom is -0.496 e. The summed E-state index contributed by atoms with van der Waals surface area (Å²) in [6.07, 6.45) is 5.95. The van der Waals surface area contributed by atoms with Crippen LogP contribution in [-0.2, 0) is 0 Å². The van der Waals surface area contributed by atoms with Gasteiger partial charge in [-0.2, -0.15) is 0 Å². The van der Waals surface area contributed by atoms with E-state index in [9.17, 15) is 5.11 Å². The fraction of sp³-hybridized carbons (Fsp3) is 0.647. The van der Waals surface area contributed by atoms with Gasteiger partial charge in [0.15, 0.2) is 0 Å². The predicted octanol–water partition coefficient (Wildman–Crippen LogP) is 3.29. The van der Waals surface area contributed by atoms with Crippen molar-refractivity contribution in [2.24, 2.45) is 5.92 Å². The van der Waals surface area contributed by atoms with Crippen LogP contribution in [-0.4, -0.2) is 24.9 Å². The third-order valence-electron chi connectivity index (χ3n) is 4.35. The van der Waals surface area contributed by atoms with E-state index in [-0.39, 0.29) is 12.1 Å². The number of aliphatic hydroxyl groups excluding tert-OH is 1. The molecule has 1 saturated carbocycles. The zero-order valence-corrected chi connectivity index (χ0v) is 12.6. The first-order valence-corrected chi connectivity index (χ1v) is 7.75. The van der Waals surface area contributed by atoms with E-state index in [1.54, 1.807) is 7.11 Å². The van der Waals surface area contributed by atoms with Crippen molar-refractivity contribution in [1.29, 1.82) is 0 Å². The largest absolute Gasteiger partial charge is 0.496 e. The Balaban J connectivity index is 1.80. The standard InChI is InChI=1S/C17H27NO2/c1-13(16-9-5-6-10-17(16)20-2)18-12-15(19)11-14-7-3-4-8-14/h5-6,9-10,13-15,18-19H,3-4,7-8,11-12H2,1-2H3/t13-,15?/m0/s1. The maximum atomic E-state index is 10.1. The number of para-hydroxylation sites is 1. The van der Waals surface area contributed by atoms with Crippen LogP contribution in [0.4, 0.5) is 0 Å². The lowest BCUT2D eigenvalue weighted by molar-refractivity contribution is 0.137. The molecule has 1 aliphatic carbocycles. The molecule has 0 aliphatic heterocycles. The second-order valence-corrected chi connectivity index (χ2v) is 5.91. The first-order chi connectivity index (χ1) is 9.70. The van der Waals surface area contributed by atoms with Gasteiger partial charge in [-0.1, -0.05) is 43.9 Å². The van der Waals surface area contributed by atoms with Crippen molar-refractivity contribution >= 4 is 0 Å². The second kappa shape index (κ2) is 7.65. The lowest BCUT2D eigenvalue weighted by atomic mass is 9.99. The van der Waals surface area contributed by atoms with Crippen LogP contribution in [0.25, 0.3) is 0 Å². The highest BCUT2D eigenvalue weighted by atomic mass is 16.5. The lowest BCUT2D eigenvalue weighted by Gasteiger charge is -2.21. The van der Waals surface area contributed by atoms with E-state index in [1.165, 1.54) is 25.7 Å². The van der Waals surface area contributed by atoms with E-state index in [0.717, 1.165) is 23.7 Å². The molecule has 0 saturated heterocycles. The highest BCUT2D eigenvalue weighted by Crippen LogP contribution is 2.29. The summed E-state index contributed by atoms with van der Waals surface area (Å²) in [5.74, 6) is 1.63. The van der Waals surface area contributed by atoms with Crippen molar-refractivity contribution in [1.82, 2.24) is 5.32 Å². The number of rotatable bonds is 7. The van der Waals surface area contributed by atoms with Gasteiger partial charge in [0.1, 0.15) is 5.75 Å². The van der Waals surface area contributed by atoms with Crippen LogP contribution in [0.3, 0.4) is 0 Å². The average Bonchev–Trinajstić information content (AvgIpc) is 2.97. The van der Waals surface area contributed by atoms with E-state index < -0.39 is 0 Å². The molecule has 1 aromatic carbocycles. The zero-order valence-electron chi connectivity index (χ0n) is 12.6. The van der Waals surface area contributed by atoms with E-state index in [0.29, 0.717) is 6.54 Å². The number of aliphatic hydroxyl groups is 1. The molecule has 0 aromatic heterocycles. The Bertz CT molecular complexity index is 402. The van der Waals surface area contributed by atoms with Crippen molar-refractivity contribution in [3.05, 3.63) is 29.8 Å². The number of hydrogen-bond acceptors (Lipinski definition) is 3. The molecule has 1 unspecified atom stereocenters. The van der Waals surface area contributed by atoms with Crippen LogP contribution in [0, 0.1) is 5.92 Å². The number of methoxy groups -OCH3 is 1. The van der Waals surface area contributed by atoms with Crippen LogP contribution in [0.1, 0.15) is 50.6 Å². The molecule has 0 bridgehead atoms. The lowest BCUT2D eigenvalue weighted by Crippen LogP contribution is -2.30. The molecule has 1 fully saturated rings. The molecule has 2 atom stereocenters. The Hall–Kier alpha value is -1.06. The molecule has 1 aliphatic rings. The molecule has 2 rings (SSSR count). The first kappa shape index (κ1) is 15.3. The molecule has 0 heterocycles. The van der Waals surface area contributed by atoms with Crippen molar-refractivity contribution < 1.29 is 9.84 Å². The Morgan fingerprint density at radius 2 is 2.00 bits per heavy atom. The van der Waals surface area contributed by atoms with E-state index >= 15 is 0 Å². The summed E-state index contributed by atoms with van der Waals surface area (Å²) in [6, 6.07) is 8.22. The monoisotopic (exact) mass is 277 g/mol. The van der Waals surface area contributed by atoms with Crippen molar-refractivity contribution in [2.45, 2.75) is 51.2 Å². The van der Waals surface area contributed by atoms with Crippen molar-refractivity contribution in [3.63, 3.8) is 0 Å². The summed E-state index contributed by atoms with van der Waals surface area (Å²) < 4.78 is 5.38. The summed E-state index contributed by atoms with van der Waals surface area (Å²) in [4.78, 5) is 0. The predicted molar refractivity (Wildman–Crippen MR) is 82.0 cm³/mol. The molecular formula is C17H27NO2. The summed E-state index contributed by atoms with van der Waals surface area (Å²) in [5.41, 5.74) is 1.14. The molecule has 0 radical (unpaired) electrons. The molecule has 1 aromatic rings. The molecule has 20 heavy (non-hydrogen) atoms. The Morgan fingerprint density at radius 3 is 2.70 bits per heavy atom. The normalized spacial score (nSPS) is 18.9. The van der Waals surface area contributed by atoms with Gasteiger partial charge in [0, 0.05) is 18.2 Å². The minimum absolute atomic E-state index is 0.185. The smallest absolute Gasteiger partial charge is 0.123 e. The van der Waals surface area contributed by atoms with Gasteiger partial charge in [0.05, 0.1) is 13.2 Å².